The van der Waals surface area contributed by atoms with E-state index in [4.69, 9.17) is 4.74 Å². The smallest absolute Gasteiger partial charge is 0.229 e. The normalized spacial score (nSPS) is 18.8. The van der Waals surface area contributed by atoms with Gasteiger partial charge in [0.05, 0.1) is 18.1 Å². The van der Waals surface area contributed by atoms with E-state index in [0.717, 1.165) is 11.0 Å². The molecule has 114 valence electrons. The summed E-state index contributed by atoms with van der Waals surface area (Å²) >= 11 is 1.60. The number of nitrogens with zero attached hydrogens (tertiary/aromatic N) is 2. The van der Waals surface area contributed by atoms with E-state index in [-0.39, 0.29) is 17.7 Å². The number of aromatic nitrogens is 1. The van der Waals surface area contributed by atoms with Crippen LogP contribution < -0.4 is 10.4 Å². The van der Waals surface area contributed by atoms with E-state index >= 15 is 0 Å². The summed E-state index contributed by atoms with van der Waals surface area (Å²) < 4.78 is 5.11. The number of β-amino-alcohol motifs (C(OH)–C–C–N with tert-alkyl or cyclic N) is 1. The molecule has 0 spiro atoms. The molecule has 21 heavy (non-hydrogen) atoms. The van der Waals surface area contributed by atoms with Gasteiger partial charge in [-0.1, -0.05) is 11.5 Å². The molecule has 0 aliphatic carbocycles. The van der Waals surface area contributed by atoms with E-state index in [2.05, 4.69) is 11.1 Å². The van der Waals surface area contributed by atoms with Gasteiger partial charge in [0.1, 0.15) is 13.7 Å². The number of hydrogen-bond acceptors (Lipinski definition) is 5. The van der Waals surface area contributed by atoms with Crippen molar-refractivity contribution in [1.29, 1.82) is 0 Å². The molecule has 0 fully saturated rings. The molecule has 1 aliphatic rings. The van der Waals surface area contributed by atoms with Crippen molar-refractivity contribution in [2.75, 3.05) is 24.5 Å². The fourth-order valence-electron chi connectivity index (χ4n) is 2.39. The van der Waals surface area contributed by atoms with Crippen molar-refractivity contribution >= 4 is 36.8 Å². The number of hydrogen-bond donors (Lipinski definition) is 1. The molecule has 1 unspecified atom stereocenters. The quantitative estimate of drug-likeness (QED) is 0.623. The van der Waals surface area contributed by atoms with E-state index in [1.165, 1.54) is 0 Å². The Morgan fingerprint density at radius 3 is 2.95 bits per heavy atom. The van der Waals surface area contributed by atoms with Gasteiger partial charge in [-0.2, -0.15) is 0 Å². The highest BCUT2D eigenvalue weighted by molar-refractivity contribution is 7.99. The Labute approximate surface area is 130 Å². The highest BCUT2D eigenvalue weighted by atomic mass is 32.2. The van der Waals surface area contributed by atoms with Gasteiger partial charge in [0.2, 0.25) is 5.91 Å². The van der Waals surface area contributed by atoms with Gasteiger partial charge in [0, 0.05) is 30.5 Å². The highest BCUT2D eigenvalue weighted by Gasteiger charge is 2.35. The van der Waals surface area contributed by atoms with E-state index in [0.29, 0.717) is 18.2 Å². The van der Waals surface area contributed by atoms with Crippen LogP contribution in [0, 0.1) is 0 Å². The average Bonchev–Trinajstić information content (AvgIpc) is 2.39. The summed E-state index contributed by atoms with van der Waals surface area (Å²) in [5.41, 5.74) is 1.15. The number of carbonyl (C=O) groups excluding carboxylic acids is 1. The van der Waals surface area contributed by atoms with Gasteiger partial charge in [0.15, 0.2) is 0 Å². The molecule has 2 rings (SSSR count). The number of anilines is 1. The maximum absolute atomic E-state index is 12.4. The standard InChI is InChI=1S/C14H21BN2O3S/c1-14(2,19)7-17-12(18)5-11(21-8-20-3)10-4-9(15)6-16-13(10)17/h4,6,11,19H,5,7-8,15H2,1-3H3. The van der Waals surface area contributed by atoms with E-state index in [1.54, 1.807) is 43.8 Å². The Hall–Kier alpha value is -1.05. The van der Waals surface area contributed by atoms with Crippen LogP contribution in [0.15, 0.2) is 12.3 Å². The first-order chi connectivity index (χ1) is 9.81. The zero-order valence-electron chi connectivity index (χ0n) is 12.9. The second-order valence-corrected chi connectivity index (χ2v) is 7.12. The molecule has 0 radical (unpaired) electrons. The molecular formula is C14H21BN2O3S. The van der Waals surface area contributed by atoms with Gasteiger partial charge in [-0.25, -0.2) is 4.98 Å². The maximum Gasteiger partial charge on any atom is 0.229 e. The molecule has 5 nitrogen and oxygen atoms in total. The molecule has 1 aromatic heterocycles. The third-order valence-corrected chi connectivity index (χ3v) is 4.42. The van der Waals surface area contributed by atoms with E-state index in [1.807, 2.05) is 7.85 Å². The molecule has 1 amide bonds. The minimum Gasteiger partial charge on any atom is -0.389 e. The molecule has 0 saturated heterocycles. The fraction of sp³-hybridized carbons (Fsp3) is 0.571. The third kappa shape index (κ3) is 3.99. The van der Waals surface area contributed by atoms with Crippen LogP contribution in [0.1, 0.15) is 31.1 Å². The van der Waals surface area contributed by atoms with Crippen LogP contribution in [-0.2, 0) is 9.53 Å². The molecule has 1 aliphatic heterocycles. The van der Waals surface area contributed by atoms with Crippen LogP contribution in [0.3, 0.4) is 0 Å². The van der Waals surface area contributed by atoms with Crippen molar-refractivity contribution in [2.24, 2.45) is 0 Å². The van der Waals surface area contributed by atoms with E-state index < -0.39 is 5.60 Å². The van der Waals surface area contributed by atoms with E-state index in [9.17, 15) is 9.90 Å². The lowest BCUT2D eigenvalue weighted by atomic mass is 9.93. The number of carbonyl (C=O) groups is 1. The van der Waals surface area contributed by atoms with Crippen molar-refractivity contribution in [3.63, 3.8) is 0 Å². The zero-order chi connectivity index (χ0) is 15.6. The predicted molar refractivity (Wildman–Crippen MR) is 87.9 cm³/mol. The molecule has 0 bridgehead atoms. The number of aliphatic hydroxyl groups is 1. The first-order valence-corrected chi connectivity index (χ1v) is 7.96. The van der Waals surface area contributed by atoms with Crippen molar-refractivity contribution < 1.29 is 14.6 Å². The number of rotatable bonds is 5. The van der Waals surface area contributed by atoms with Crippen LogP contribution in [0.4, 0.5) is 5.82 Å². The summed E-state index contributed by atoms with van der Waals surface area (Å²) in [7, 11) is 3.63. The van der Waals surface area contributed by atoms with Crippen molar-refractivity contribution in [1.82, 2.24) is 4.98 Å². The Bertz CT molecular complexity index is 533. The fourth-order valence-corrected chi connectivity index (χ4v) is 3.31. The molecule has 1 atom stereocenters. The summed E-state index contributed by atoms with van der Waals surface area (Å²) in [6.07, 6.45) is 2.16. The third-order valence-electron chi connectivity index (χ3n) is 3.23. The van der Waals surface area contributed by atoms with Gasteiger partial charge in [0.25, 0.3) is 0 Å². The van der Waals surface area contributed by atoms with Gasteiger partial charge in [-0.3, -0.25) is 9.69 Å². The molecule has 2 heterocycles. The van der Waals surface area contributed by atoms with Crippen molar-refractivity contribution in [3.05, 3.63) is 17.8 Å². The van der Waals surface area contributed by atoms with Crippen molar-refractivity contribution in [2.45, 2.75) is 31.1 Å². The lowest BCUT2D eigenvalue weighted by molar-refractivity contribution is -0.119. The second-order valence-electron chi connectivity index (χ2n) is 5.98. The van der Waals surface area contributed by atoms with Gasteiger partial charge >= 0.3 is 0 Å². The topological polar surface area (TPSA) is 62.7 Å². The van der Waals surface area contributed by atoms with Crippen molar-refractivity contribution in [3.8, 4) is 0 Å². The average molecular weight is 308 g/mol. The number of ether oxygens (including phenoxy) is 1. The molecular weight excluding hydrogens is 287 g/mol. The van der Waals surface area contributed by atoms with Crippen LogP contribution in [0.5, 0.6) is 0 Å². The van der Waals surface area contributed by atoms with Gasteiger partial charge in [-0.05, 0) is 13.8 Å². The minimum atomic E-state index is -0.952. The largest absolute Gasteiger partial charge is 0.389 e. The predicted octanol–water partition coefficient (Wildman–Crippen LogP) is 0.226. The summed E-state index contributed by atoms with van der Waals surface area (Å²) in [6.45, 7) is 3.64. The monoisotopic (exact) mass is 308 g/mol. The number of pyridine rings is 1. The van der Waals surface area contributed by atoms with Crippen LogP contribution in [0.2, 0.25) is 0 Å². The maximum atomic E-state index is 12.4. The number of fused-ring (bicyclic) bond motifs is 1. The molecule has 1 aromatic rings. The minimum absolute atomic E-state index is 0.00502. The van der Waals surface area contributed by atoms with Crippen LogP contribution >= 0.6 is 11.8 Å². The first-order valence-electron chi connectivity index (χ1n) is 6.91. The highest BCUT2D eigenvalue weighted by Crippen LogP contribution is 2.41. The van der Waals surface area contributed by atoms with Gasteiger partial charge in [-0.15, -0.1) is 11.8 Å². The Kier molecular flexibility index (Phi) is 4.96. The first kappa shape index (κ1) is 16.3. The van der Waals surface area contributed by atoms with Gasteiger partial charge < -0.3 is 9.84 Å². The number of methoxy groups -OCH3 is 1. The molecule has 0 saturated carbocycles. The SMILES string of the molecule is Bc1cnc2c(c1)C(SCOC)CC(=O)N2CC(C)(C)O. The molecule has 0 aromatic carbocycles. The second kappa shape index (κ2) is 6.38. The summed E-state index contributed by atoms with van der Waals surface area (Å²) in [5.74, 6) is 1.19. The lowest BCUT2D eigenvalue weighted by Crippen LogP contribution is -2.45. The number of thioether (sulfide) groups is 1. The summed E-state index contributed by atoms with van der Waals surface area (Å²) in [5, 5.41) is 10.1. The van der Waals surface area contributed by atoms with Crippen LogP contribution in [-0.4, -0.2) is 49.0 Å². The zero-order valence-corrected chi connectivity index (χ0v) is 13.7. The number of amides is 1. The Morgan fingerprint density at radius 2 is 2.33 bits per heavy atom. The Morgan fingerprint density at radius 1 is 1.62 bits per heavy atom. The molecule has 7 heteroatoms. The lowest BCUT2D eigenvalue weighted by Gasteiger charge is -2.35. The van der Waals surface area contributed by atoms with Crippen LogP contribution in [0.25, 0.3) is 0 Å². The Balaban J connectivity index is 2.37. The summed E-state index contributed by atoms with van der Waals surface area (Å²) in [4.78, 5) is 18.4. The summed E-state index contributed by atoms with van der Waals surface area (Å²) in [6, 6.07) is 2.07. The molecule has 1 N–H and O–H groups in total.